The molecule has 2 aromatic carbocycles. The van der Waals surface area contributed by atoms with Crippen LogP contribution in [0.25, 0.3) is 0 Å². The van der Waals surface area contributed by atoms with Crippen LogP contribution in [0.1, 0.15) is 25.3 Å². The van der Waals surface area contributed by atoms with Crippen LogP contribution < -0.4 is 10.6 Å². The number of carbonyl (C=O) groups is 2. The van der Waals surface area contributed by atoms with Crippen LogP contribution in [-0.4, -0.2) is 30.3 Å². The molecule has 132 valence electrons. The summed E-state index contributed by atoms with van der Waals surface area (Å²) in [6, 6.07) is 17.3. The van der Waals surface area contributed by atoms with Crippen LogP contribution in [0, 0.1) is 0 Å². The van der Waals surface area contributed by atoms with E-state index in [0.29, 0.717) is 13.0 Å². The highest BCUT2D eigenvalue weighted by Crippen LogP contribution is 2.14. The van der Waals surface area contributed by atoms with Gasteiger partial charge in [-0.05, 0) is 36.2 Å². The first-order valence-electron chi connectivity index (χ1n) is 8.50. The van der Waals surface area contributed by atoms with E-state index in [1.807, 2.05) is 61.5 Å². The molecule has 0 fully saturated rings. The van der Waals surface area contributed by atoms with Crippen molar-refractivity contribution in [1.82, 2.24) is 4.90 Å². The highest BCUT2D eigenvalue weighted by molar-refractivity contribution is 5.90. The van der Waals surface area contributed by atoms with Crippen molar-refractivity contribution in [2.45, 2.75) is 26.3 Å². The highest BCUT2D eigenvalue weighted by atomic mass is 16.2. The van der Waals surface area contributed by atoms with Crippen molar-refractivity contribution >= 4 is 23.2 Å². The Labute approximate surface area is 149 Å². The van der Waals surface area contributed by atoms with Crippen molar-refractivity contribution < 1.29 is 9.59 Å². The van der Waals surface area contributed by atoms with E-state index >= 15 is 0 Å². The molecule has 0 atom stereocenters. The lowest BCUT2D eigenvalue weighted by atomic mass is 10.2. The number of likely N-dealkylation sites (N-methyl/N-ethyl adjacent to an activating group) is 1. The number of hydrogen-bond donors (Lipinski definition) is 2. The van der Waals surface area contributed by atoms with Gasteiger partial charge in [0.25, 0.3) is 0 Å². The zero-order valence-corrected chi connectivity index (χ0v) is 14.8. The lowest BCUT2D eigenvalue weighted by Gasteiger charge is -2.18. The summed E-state index contributed by atoms with van der Waals surface area (Å²) in [6.07, 6.45) is 1.34. The SMILES string of the molecule is CCCC(=O)Nc1ccc(NCC(=O)N(C)Cc2ccccc2)cc1. The number of hydrogen-bond acceptors (Lipinski definition) is 3. The van der Waals surface area contributed by atoms with Gasteiger partial charge in [0.1, 0.15) is 0 Å². The summed E-state index contributed by atoms with van der Waals surface area (Å²) in [4.78, 5) is 25.5. The lowest BCUT2D eigenvalue weighted by Crippen LogP contribution is -2.31. The van der Waals surface area contributed by atoms with Gasteiger partial charge in [0.15, 0.2) is 0 Å². The highest BCUT2D eigenvalue weighted by Gasteiger charge is 2.09. The fourth-order valence-corrected chi connectivity index (χ4v) is 2.38. The molecule has 0 unspecified atom stereocenters. The smallest absolute Gasteiger partial charge is 0.241 e. The van der Waals surface area contributed by atoms with Crippen LogP contribution in [0.15, 0.2) is 54.6 Å². The lowest BCUT2D eigenvalue weighted by molar-refractivity contribution is -0.128. The summed E-state index contributed by atoms with van der Waals surface area (Å²) in [5, 5.41) is 5.95. The Morgan fingerprint density at radius 2 is 1.60 bits per heavy atom. The number of carbonyl (C=O) groups excluding carboxylic acids is 2. The van der Waals surface area contributed by atoms with E-state index in [2.05, 4.69) is 10.6 Å². The van der Waals surface area contributed by atoms with E-state index in [-0.39, 0.29) is 18.4 Å². The van der Waals surface area contributed by atoms with E-state index in [1.54, 1.807) is 11.9 Å². The quantitative estimate of drug-likeness (QED) is 0.774. The minimum absolute atomic E-state index is 0.0147. The molecule has 5 heteroatoms. The monoisotopic (exact) mass is 339 g/mol. The van der Waals surface area contributed by atoms with E-state index in [4.69, 9.17) is 0 Å². The molecule has 0 saturated heterocycles. The Morgan fingerprint density at radius 1 is 0.960 bits per heavy atom. The molecule has 0 aliphatic rings. The van der Waals surface area contributed by atoms with Gasteiger partial charge in [0, 0.05) is 31.4 Å². The molecule has 0 radical (unpaired) electrons. The predicted molar refractivity (Wildman–Crippen MR) is 101 cm³/mol. The van der Waals surface area contributed by atoms with Crippen molar-refractivity contribution in [3.8, 4) is 0 Å². The van der Waals surface area contributed by atoms with Crippen molar-refractivity contribution in [3.05, 3.63) is 60.2 Å². The third kappa shape index (κ3) is 6.30. The predicted octanol–water partition coefficient (Wildman–Crippen LogP) is 3.50. The van der Waals surface area contributed by atoms with Gasteiger partial charge in [0.05, 0.1) is 6.54 Å². The number of nitrogens with one attached hydrogen (secondary N) is 2. The molecule has 2 N–H and O–H groups in total. The largest absolute Gasteiger partial charge is 0.376 e. The first kappa shape index (κ1) is 18.5. The third-order valence-corrected chi connectivity index (χ3v) is 3.78. The molecular formula is C20H25N3O2. The second kappa shape index (κ2) is 9.47. The molecular weight excluding hydrogens is 314 g/mol. The molecule has 0 spiro atoms. The molecule has 0 saturated carbocycles. The van der Waals surface area contributed by atoms with Crippen LogP contribution in [0.5, 0.6) is 0 Å². The Balaban J connectivity index is 1.80. The topological polar surface area (TPSA) is 61.4 Å². The summed E-state index contributed by atoms with van der Waals surface area (Å²) in [5.41, 5.74) is 2.71. The van der Waals surface area contributed by atoms with E-state index in [1.165, 1.54) is 0 Å². The summed E-state index contributed by atoms with van der Waals surface area (Å²) in [6.45, 7) is 2.78. The van der Waals surface area contributed by atoms with Crippen LogP contribution in [0.2, 0.25) is 0 Å². The molecule has 2 amide bonds. The first-order chi connectivity index (χ1) is 12.1. The molecule has 0 heterocycles. The van der Waals surface area contributed by atoms with Gasteiger partial charge in [-0.15, -0.1) is 0 Å². The van der Waals surface area contributed by atoms with Crippen molar-refractivity contribution in [1.29, 1.82) is 0 Å². The Bertz CT molecular complexity index is 684. The van der Waals surface area contributed by atoms with E-state index in [9.17, 15) is 9.59 Å². The first-order valence-corrected chi connectivity index (χ1v) is 8.50. The fraction of sp³-hybridized carbons (Fsp3) is 0.300. The molecule has 0 aliphatic carbocycles. The average molecular weight is 339 g/mol. The summed E-state index contributed by atoms with van der Waals surface area (Å²) in [7, 11) is 1.80. The van der Waals surface area contributed by atoms with Crippen LogP contribution in [0.3, 0.4) is 0 Å². The van der Waals surface area contributed by atoms with Gasteiger partial charge in [-0.3, -0.25) is 9.59 Å². The molecule has 25 heavy (non-hydrogen) atoms. The number of benzene rings is 2. The molecule has 5 nitrogen and oxygen atoms in total. The maximum atomic E-state index is 12.2. The number of rotatable bonds is 8. The normalized spacial score (nSPS) is 10.2. The van der Waals surface area contributed by atoms with Gasteiger partial charge < -0.3 is 15.5 Å². The summed E-state index contributed by atoms with van der Waals surface area (Å²) >= 11 is 0. The minimum Gasteiger partial charge on any atom is -0.376 e. The summed E-state index contributed by atoms with van der Waals surface area (Å²) in [5.74, 6) is 0.0325. The Kier molecular flexibility index (Phi) is 7.01. The number of amides is 2. The maximum Gasteiger partial charge on any atom is 0.241 e. The van der Waals surface area contributed by atoms with Gasteiger partial charge in [0.2, 0.25) is 11.8 Å². The molecule has 2 rings (SSSR count). The zero-order valence-electron chi connectivity index (χ0n) is 14.8. The third-order valence-electron chi connectivity index (χ3n) is 3.78. The van der Waals surface area contributed by atoms with Gasteiger partial charge in [-0.1, -0.05) is 37.3 Å². The number of nitrogens with zero attached hydrogens (tertiary/aromatic N) is 1. The Morgan fingerprint density at radius 3 is 2.24 bits per heavy atom. The molecule has 2 aromatic rings. The van der Waals surface area contributed by atoms with Crippen molar-refractivity contribution in [2.24, 2.45) is 0 Å². The summed E-state index contributed by atoms with van der Waals surface area (Å²) < 4.78 is 0. The zero-order chi connectivity index (χ0) is 18.1. The standard InChI is InChI=1S/C20H25N3O2/c1-3-7-19(24)22-18-12-10-17(11-13-18)21-14-20(25)23(2)15-16-8-5-4-6-9-16/h4-6,8-13,21H,3,7,14-15H2,1-2H3,(H,22,24). The number of anilines is 2. The molecule has 0 bridgehead atoms. The van der Waals surface area contributed by atoms with Crippen LogP contribution in [-0.2, 0) is 16.1 Å². The average Bonchev–Trinajstić information content (AvgIpc) is 2.62. The minimum atomic E-state index is 0.0147. The van der Waals surface area contributed by atoms with Gasteiger partial charge in [-0.2, -0.15) is 0 Å². The Hall–Kier alpha value is -2.82. The van der Waals surface area contributed by atoms with Crippen LogP contribution in [0.4, 0.5) is 11.4 Å². The molecule has 0 aromatic heterocycles. The van der Waals surface area contributed by atoms with E-state index in [0.717, 1.165) is 23.4 Å². The maximum absolute atomic E-state index is 12.2. The second-order valence-electron chi connectivity index (χ2n) is 5.96. The van der Waals surface area contributed by atoms with Gasteiger partial charge >= 0.3 is 0 Å². The van der Waals surface area contributed by atoms with Crippen molar-refractivity contribution in [2.75, 3.05) is 24.2 Å². The van der Waals surface area contributed by atoms with E-state index < -0.39 is 0 Å². The van der Waals surface area contributed by atoms with Crippen LogP contribution >= 0.6 is 0 Å². The second-order valence-corrected chi connectivity index (χ2v) is 5.96. The van der Waals surface area contributed by atoms with Crippen molar-refractivity contribution in [3.63, 3.8) is 0 Å². The fourth-order valence-electron chi connectivity index (χ4n) is 2.38. The molecule has 0 aliphatic heterocycles. The van der Waals surface area contributed by atoms with Gasteiger partial charge in [-0.25, -0.2) is 0 Å².